The van der Waals surface area contributed by atoms with Crippen molar-refractivity contribution in [2.45, 2.75) is 29.7 Å². The van der Waals surface area contributed by atoms with Gasteiger partial charge in [0.05, 0.1) is 27.6 Å². The van der Waals surface area contributed by atoms with Gasteiger partial charge in [-0.25, -0.2) is 8.42 Å². The van der Waals surface area contributed by atoms with Crippen molar-refractivity contribution in [1.29, 1.82) is 0 Å². The zero-order valence-electron chi connectivity index (χ0n) is 16.2. The van der Waals surface area contributed by atoms with E-state index in [4.69, 9.17) is 27.9 Å². The molecule has 0 radical (unpaired) electrons. The summed E-state index contributed by atoms with van der Waals surface area (Å²) >= 11 is 11.8. The molecule has 10 heteroatoms. The molecule has 0 saturated carbocycles. The molecule has 0 unspecified atom stereocenters. The van der Waals surface area contributed by atoms with E-state index in [-0.39, 0.29) is 22.1 Å². The van der Waals surface area contributed by atoms with Crippen molar-refractivity contribution in [2.75, 3.05) is 12.4 Å². The number of rotatable bonds is 7. The van der Waals surface area contributed by atoms with Crippen LogP contribution in [0.3, 0.4) is 0 Å². The molecule has 2 aromatic carbocycles. The van der Waals surface area contributed by atoms with Gasteiger partial charge in [-0.2, -0.15) is 5.10 Å². The maximum atomic E-state index is 13.0. The minimum atomic E-state index is -3.82. The standard InChI is InChI=1S/C20H19Cl2N3O4S/c1-13-19(22)12-25(24-13)8-7-20(26)23-15-9-16(29-2)11-18(10-15)30(27,28)17-5-3-14(21)4-6-17/h3-6,9-12H,7-8H2,1-2H3,(H,23,26). The van der Waals surface area contributed by atoms with Crippen molar-refractivity contribution in [3.05, 3.63) is 64.4 Å². The highest BCUT2D eigenvalue weighted by Gasteiger charge is 2.20. The number of nitrogens with one attached hydrogen (secondary N) is 1. The van der Waals surface area contributed by atoms with Crippen LogP contribution >= 0.6 is 23.2 Å². The molecule has 1 heterocycles. The molecule has 1 amide bonds. The Labute approximate surface area is 184 Å². The van der Waals surface area contributed by atoms with Crippen molar-refractivity contribution in [1.82, 2.24) is 9.78 Å². The second kappa shape index (κ2) is 9.07. The first-order chi connectivity index (χ1) is 14.2. The highest BCUT2D eigenvalue weighted by molar-refractivity contribution is 7.91. The number of nitrogens with zero attached hydrogens (tertiary/aromatic N) is 2. The summed E-state index contributed by atoms with van der Waals surface area (Å²) in [6, 6.07) is 10.2. The average Bonchev–Trinajstić information content (AvgIpc) is 3.04. The largest absolute Gasteiger partial charge is 0.497 e. The molecule has 7 nitrogen and oxygen atoms in total. The van der Waals surface area contributed by atoms with Gasteiger partial charge in [-0.15, -0.1) is 0 Å². The van der Waals surface area contributed by atoms with E-state index in [2.05, 4.69) is 10.4 Å². The van der Waals surface area contributed by atoms with Gasteiger partial charge in [-0.1, -0.05) is 23.2 Å². The topological polar surface area (TPSA) is 90.3 Å². The van der Waals surface area contributed by atoms with Gasteiger partial charge in [0.25, 0.3) is 0 Å². The lowest BCUT2D eigenvalue weighted by Crippen LogP contribution is -2.15. The Morgan fingerprint density at radius 1 is 1.13 bits per heavy atom. The number of aromatic nitrogens is 2. The van der Waals surface area contributed by atoms with Crippen molar-refractivity contribution in [2.24, 2.45) is 0 Å². The molecule has 1 aromatic heterocycles. The van der Waals surface area contributed by atoms with Gasteiger partial charge in [0.1, 0.15) is 5.75 Å². The zero-order chi connectivity index (χ0) is 21.9. The maximum Gasteiger partial charge on any atom is 0.226 e. The van der Waals surface area contributed by atoms with Crippen LogP contribution in [0, 0.1) is 6.92 Å². The molecule has 0 spiro atoms. The van der Waals surface area contributed by atoms with Crippen LogP contribution in [0.2, 0.25) is 10.0 Å². The number of carbonyl (C=O) groups is 1. The van der Waals surface area contributed by atoms with Gasteiger partial charge >= 0.3 is 0 Å². The number of hydrogen-bond acceptors (Lipinski definition) is 5. The van der Waals surface area contributed by atoms with Crippen LogP contribution in [0.5, 0.6) is 5.75 Å². The number of aryl methyl sites for hydroxylation is 2. The number of carbonyl (C=O) groups excluding carboxylic acids is 1. The van der Waals surface area contributed by atoms with Crippen molar-refractivity contribution in [3.8, 4) is 5.75 Å². The van der Waals surface area contributed by atoms with Gasteiger partial charge in [-0.05, 0) is 43.3 Å². The van der Waals surface area contributed by atoms with E-state index in [1.807, 2.05) is 0 Å². The molecule has 3 aromatic rings. The molecule has 0 aliphatic heterocycles. The van der Waals surface area contributed by atoms with Gasteiger partial charge < -0.3 is 10.1 Å². The number of methoxy groups -OCH3 is 1. The number of anilines is 1. The second-order valence-corrected chi connectivity index (χ2v) is 9.27. The summed E-state index contributed by atoms with van der Waals surface area (Å²) in [5.41, 5.74) is 0.989. The third-order valence-electron chi connectivity index (χ3n) is 4.29. The van der Waals surface area contributed by atoms with Crippen molar-refractivity contribution in [3.63, 3.8) is 0 Å². The van der Waals surface area contributed by atoms with Gasteiger partial charge in [0.2, 0.25) is 15.7 Å². The molecule has 0 aliphatic carbocycles. The molecule has 30 heavy (non-hydrogen) atoms. The first-order valence-corrected chi connectivity index (χ1v) is 11.1. The van der Waals surface area contributed by atoms with E-state index in [1.54, 1.807) is 23.9 Å². The van der Waals surface area contributed by atoms with Crippen LogP contribution in [0.4, 0.5) is 5.69 Å². The molecule has 0 atom stereocenters. The molecule has 1 N–H and O–H groups in total. The van der Waals surface area contributed by atoms with Crippen LogP contribution in [-0.2, 0) is 21.2 Å². The Kier molecular flexibility index (Phi) is 6.70. The molecule has 3 rings (SSSR count). The average molecular weight is 468 g/mol. The van der Waals surface area contributed by atoms with Crippen LogP contribution in [0.15, 0.2) is 58.5 Å². The Morgan fingerprint density at radius 3 is 2.43 bits per heavy atom. The predicted molar refractivity (Wildman–Crippen MR) is 115 cm³/mol. The first-order valence-electron chi connectivity index (χ1n) is 8.88. The second-order valence-electron chi connectivity index (χ2n) is 6.48. The first kappa shape index (κ1) is 22.1. The minimum absolute atomic E-state index is 0.00560. The van der Waals surface area contributed by atoms with Crippen LogP contribution in [-0.4, -0.2) is 31.2 Å². The SMILES string of the molecule is COc1cc(NC(=O)CCn2cc(Cl)c(C)n2)cc(S(=O)(=O)c2ccc(Cl)cc2)c1. The number of hydrogen-bond donors (Lipinski definition) is 1. The highest BCUT2D eigenvalue weighted by Crippen LogP contribution is 2.29. The van der Waals surface area contributed by atoms with Crippen LogP contribution < -0.4 is 10.1 Å². The lowest BCUT2D eigenvalue weighted by molar-refractivity contribution is -0.116. The van der Waals surface area contributed by atoms with Gasteiger partial charge in [0, 0.05) is 35.9 Å². The Balaban J connectivity index is 1.80. The fraction of sp³-hybridized carbons (Fsp3) is 0.200. The van der Waals surface area contributed by atoms with E-state index in [9.17, 15) is 13.2 Å². The Morgan fingerprint density at radius 2 is 1.83 bits per heavy atom. The zero-order valence-corrected chi connectivity index (χ0v) is 18.6. The van der Waals surface area contributed by atoms with E-state index >= 15 is 0 Å². The lowest BCUT2D eigenvalue weighted by Gasteiger charge is -2.11. The monoisotopic (exact) mass is 467 g/mol. The van der Waals surface area contributed by atoms with Crippen molar-refractivity contribution < 1.29 is 17.9 Å². The lowest BCUT2D eigenvalue weighted by atomic mass is 10.3. The summed E-state index contributed by atoms with van der Waals surface area (Å²) in [7, 11) is -2.40. The van der Waals surface area contributed by atoms with Crippen LogP contribution in [0.1, 0.15) is 12.1 Å². The third-order valence-corrected chi connectivity index (χ3v) is 6.66. The quantitative estimate of drug-likeness (QED) is 0.556. The summed E-state index contributed by atoms with van der Waals surface area (Å²) in [5.74, 6) is -0.00260. The smallest absolute Gasteiger partial charge is 0.226 e. The fourth-order valence-corrected chi connectivity index (χ4v) is 4.31. The molecule has 0 bridgehead atoms. The third kappa shape index (κ3) is 5.13. The molecule has 0 fully saturated rings. The highest BCUT2D eigenvalue weighted by atomic mass is 35.5. The van der Waals surface area contributed by atoms with E-state index in [0.29, 0.717) is 33.7 Å². The number of amides is 1. The predicted octanol–water partition coefficient (Wildman–Crippen LogP) is 4.37. The number of halogens is 2. The molecular formula is C20H19Cl2N3O4S. The number of sulfone groups is 1. The van der Waals surface area contributed by atoms with E-state index < -0.39 is 9.84 Å². The Hall–Kier alpha value is -2.55. The number of benzene rings is 2. The summed E-state index contributed by atoms with van der Waals surface area (Å²) in [6.45, 7) is 2.11. The summed E-state index contributed by atoms with van der Waals surface area (Å²) in [6.07, 6.45) is 1.78. The Bertz CT molecular complexity index is 1160. The summed E-state index contributed by atoms with van der Waals surface area (Å²) < 4.78 is 32.7. The maximum absolute atomic E-state index is 13.0. The summed E-state index contributed by atoms with van der Waals surface area (Å²) in [4.78, 5) is 12.4. The van der Waals surface area contributed by atoms with E-state index in [1.165, 1.54) is 43.5 Å². The van der Waals surface area contributed by atoms with E-state index in [0.717, 1.165) is 0 Å². The normalized spacial score (nSPS) is 11.3. The molecule has 158 valence electrons. The van der Waals surface area contributed by atoms with Gasteiger partial charge in [-0.3, -0.25) is 9.48 Å². The minimum Gasteiger partial charge on any atom is -0.497 e. The fourth-order valence-electron chi connectivity index (χ4n) is 2.71. The molecule has 0 saturated heterocycles. The van der Waals surface area contributed by atoms with Crippen molar-refractivity contribution >= 4 is 44.6 Å². The number of ether oxygens (including phenoxy) is 1. The van der Waals surface area contributed by atoms with Gasteiger partial charge in [0.15, 0.2) is 0 Å². The molecule has 0 aliphatic rings. The molecular weight excluding hydrogens is 449 g/mol. The van der Waals surface area contributed by atoms with Crippen LogP contribution in [0.25, 0.3) is 0 Å². The summed E-state index contributed by atoms with van der Waals surface area (Å²) in [5, 5.41) is 7.86.